The monoisotopic (exact) mass is 201 g/mol. The largest absolute Gasteiger partial charge is 0.480 e. The molecule has 0 heterocycles. The molecule has 0 aliphatic heterocycles. The summed E-state index contributed by atoms with van der Waals surface area (Å²) in [5.41, 5.74) is 3.85. The lowest BCUT2D eigenvalue weighted by Gasteiger charge is -2.40. The lowest BCUT2D eigenvalue weighted by molar-refractivity contribution is -0.151. The maximum absolute atomic E-state index is 11.8. The number of aliphatic carboxylic acids is 1. The number of halogens is 3. The Labute approximate surface area is 74.3 Å². The standard InChI is InChI=1S/C6H9F2NO2.ClH/c7-4(8)3-1-6(9,2-3)5(10)11;/h3-4H,1-2,9H2,(H,10,11);1H. The third-order valence-corrected chi connectivity index (χ3v) is 2.04. The molecule has 12 heavy (non-hydrogen) atoms. The molecule has 0 aromatic rings. The first-order valence-corrected chi connectivity index (χ1v) is 3.26. The van der Waals surface area contributed by atoms with Gasteiger partial charge in [-0.3, -0.25) is 4.79 Å². The maximum Gasteiger partial charge on any atom is 0.323 e. The molecule has 0 bridgehead atoms. The van der Waals surface area contributed by atoms with E-state index in [9.17, 15) is 13.6 Å². The van der Waals surface area contributed by atoms with Gasteiger partial charge in [-0.25, -0.2) is 8.78 Å². The zero-order valence-electron chi connectivity index (χ0n) is 6.17. The number of hydrogen-bond acceptors (Lipinski definition) is 2. The average molecular weight is 202 g/mol. The first-order chi connectivity index (χ1) is 4.96. The molecule has 3 nitrogen and oxygen atoms in total. The third kappa shape index (κ3) is 1.84. The molecule has 6 heteroatoms. The normalized spacial score (nSPS) is 33.8. The number of alkyl halides is 2. The predicted molar refractivity (Wildman–Crippen MR) is 40.5 cm³/mol. The summed E-state index contributed by atoms with van der Waals surface area (Å²) in [6.45, 7) is 0. The molecular weight excluding hydrogens is 192 g/mol. The van der Waals surface area contributed by atoms with E-state index >= 15 is 0 Å². The van der Waals surface area contributed by atoms with Crippen molar-refractivity contribution in [1.82, 2.24) is 0 Å². The smallest absolute Gasteiger partial charge is 0.323 e. The second-order valence-electron chi connectivity index (χ2n) is 2.96. The number of carbonyl (C=O) groups is 1. The van der Waals surface area contributed by atoms with E-state index in [0.29, 0.717) is 0 Å². The van der Waals surface area contributed by atoms with E-state index in [1.165, 1.54) is 0 Å². The maximum atomic E-state index is 11.8. The van der Waals surface area contributed by atoms with Gasteiger partial charge in [-0.2, -0.15) is 0 Å². The van der Waals surface area contributed by atoms with Gasteiger partial charge in [0, 0.05) is 5.92 Å². The Hall–Kier alpha value is -0.420. The van der Waals surface area contributed by atoms with E-state index in [4.69, 9.17) is 10.8 Å². The fourth-order valence-electron chi connectivity index (χ4n) is 1.23. The molecule has 1 aliphatic rings. The number of carboxylic acids is 1. The first kappa shape index (κ1) is 11.6. The van der Waals surface area contributed by atoms with Gasteiger partial charge in [-0.1, -0.05) is 0 Å². The van der Waals surface area contributed by atoms with Crippen molar-refractivity contribution in [2.45, 2.75) is 24.8 Å². The number of rotatable bonds is 2. The van der Waals surface area contributed by atoms with Crippen LogP contribution in [0.1, 0.15) is 12.8 Å². The molecule has 1 aliphatic carbocycles. The third-order valence-electron chi connectivity index (χ3n) is 2.04. The van der Waals surface area contributed by atoms with Gasteiger partial charge in [0.2, 0.25) is 6.43 Å². The molecule has 0 amide bonds. The summed E-state index contributed by atoms with van der Waals surface area (Å²) >= 11 is 0. The van der Waals surface area contributed by atoms with E-state index in [2.05, 4.69) is 0 Å². The van der Waals surface area contributed by atoms with Crippen LogP contribution in [-0.4, -0.2) is 23.0 Å². The number of hydrogen-bond donors (Lipinski definition) is 2. The lowest BCUT2D eigenvalue weighted by atomic mass is 9.69. The molecule has 0 aromatic carbocycles. The van der Waals surface area contributed by atoms with Crippen LogP contribution in [0.4, 0.5) is 8.78 Å². The Balaban J connectivity index is 0.00000121. The highest BCUT2D eigenvalue weighted by Gasteiger charge is 2.50. The highest BCUT2D eigenvalue weighted by atomic mass is 35.5. The zero-order chi connectivity index (χ0) is 8.65. The van der Waals surface area contributed by atoms with Crippen LogP contribution in [0.5, 0.6) is 0 Å². The van der Waals surface area contributed by atoms with Crippen molar-refractivity contribution in [1.29, 1.82) is 0 Å². The van der Waals surface area contributed by atoms with Crippen molar-refractivity contribution in [3.05, 3.63) is 0 Å². The van der Waals surface area contributed by atoms with Crippen molar-refractivity contribution in [2.24, 2.45) is 11.7 Å². The summed E-state index contributed by atoms with van der Waals surface area (Å²) < 4.78 is 23.7. The van der Waals surface area contributed by atoms with E-state index < -0.39 is 23.9 Å². The topological polar surface area (TPSA) is 63.3 Å². The first-order valence-electron chi connectivity index (χ1n) is 3.26. The molecule has 1 fully saturated rings. The van der Waals surface area contributed by atoms with Crippen molar-refractivity contribution in [2.75, 3.05) is 0 Å². The Morgan fingerprint density at radius 2 is 2.00 bits per heavy atom. The molecule has 1 saturated carbocycles. The Kier molecular flexibility index (Phi) is 3.41. The summed E-state index contributed by atoms with van der Waals surface area (Å²) in [6, 6.07) is 0. The number of nitrogens with two attached hydrogens (primary N) is 1. The quantitative estimate of drug-likeness (QED) is 0.697. The van der Waals surface area contributed by atoms with Gasteiger partial charge < -0.3 is 10.8 Å². The molecule has 0 radical (unpaired) electrons. The van der Waals surface area contributed by atoms with E-state index in [1.54, 1.807) is 0 Å². The molecule has 0 unspecified atom stereocenters. The molecule has 1 rings (SSSR count). The second-order valence-corrected chi connectivity index (χ2v) is 2.96. The average Bonchev–Trinajstić information content (AvgIpc) is 1.79. The van der Waals surface area contributed by atoms with Crippen LogP contribution < -0.4 is 5.73 Å². The molecule has 0 spiro atoms. The fraction of sp³-hybridized carbons (Fsp3) is 0.833. The van der Waals surface area contributed by atoms with Gasteiger partial charge >= 0.3 is 5.97 Å². The van der Waals surface area contributed by atoms with Gasteiger partial charge in [-0.05, 0) is 12.8 Å². The Morgan fingerprint density at radius 1 is 1.58 bits per heavy atom. The summed E-state index contributed by atoms with van der Waals surface area (Å²) in [5, 5.41) is 8.42. The molecule has 0 aromatic heterocycles. The fourth-order valence-corrected chi connectivity index (χ4v) is 1.23. The minimum absolute atomic E-state index is 0. The van der Waals surface area contributed by atoms with Crippen LogP contribution in [0.15, 0.2) is 0 Å². The zero-order valence-corrected chi connectivity index (χ0v) is 6.98. The molecule has 0 atom stereocenters. The summed E-state index contributed by atoms with van der Waals surface area (Å²) in [5.74, 6) is -2.01. The Morgan fingerprint density at radius 3 is 2.25 bits per heavy atom. The van der Waals surface area contributed by atoms with Crippen molar-refractivity contribution in [3.8, 4) is 0 Å². The van der Waals surface area contributed by atoms with Crippen molar-refractivity contribution < 1.29 is 18.7 Å². The van der Waals surface area contributed by atoms with Crippen LogP contribution in [0, 0.1) is 5.92 Å². The minimum atomic E-state index is -2.44. The molecule has 0 saturated heterocycles. The highest BCUT2D eigenvalue weighted by Crippen LogP contribution is 2.39. The van der Waals surface area contributed by atoms with Gasteiger partial charge in [-0.15, -0.1) is 12.4 Å². The summed E-state index contributed by atoms with van der Waals surface area (Å²) in [4.78, 5) is 10.3. The van der Waals surface area contributed by atoms with Crippen LogP contribution in [0.25, 0.3) is 0 Å². The van der Waals surface area contributed by atoms with Crippen molar-refractivity contribution in [3.63, 3.8) is 0 Å². The van der Waals surface area contributed by atoms with Gasteiger partial charge in [0.05, 0.1) is 0 Å². The van der Waals surface area contributed by atoms with E-state index in [0.717, 1.165) is 0 Å². The molecule has 3 N–H and O–H groups in total. The van der Waals surface area contributed by atoms with Crippen LogP contribution in [0.3, 0.4) is 0 Å². The van der Waals surface area contributed by atoms with Gasteiger partial charge in [0.15, 0.2) is 0 Å². The Bertz CT molecular complexity index is 182. The summed E-state index contributed by atoms with van der Waals surface area (Å²) in [7, 11) is 0. The highest BCUT2D eigenvalue weighted by molar-refractivity contribution is 5.85. The van der Waals surface area contributed by atoms with Crippen LogP contribution in [-0.2, 0) is 4.79 Å². The molecular formula is C6H10ClF2NO2. The van der Waals surface area contributed by atoms with Gasteiger partial charge in [0.25, 0.3) is 0 Å². The van der Waals surface area contributed by atoms with E-state index in [1.807, 2.05) is 0 Å². The van der Waals surface area contributed by atoms with Crippen LogP contribution >= 0.6 is 12.4 Å². The SMILES string of the molecule is Cl.NC1(C(=O)O)CC(C(F)F)C1. The summed E-state index contributed by atoms with van der Waals surface area (Å²) in [6.07, 6.45) is -2.66. The predicted octanol–water partition coefficient (Wildman–Crippen LogP) is 0.865. The van der Waals surface area contributed by atoms with Crippen LogP contribution in [0.2, 0.25) is 0 Å². The molecule has 72 valence electrons. The lowest BCUT2D eigenvalue weighted by Crippen LogP contribution is -2.59. The van der Waals surface area contributed by atoms with Gasteiger partial charge in [0.1, 0.15) is 5.54 Å². The minimum Gasteiger partial charge on any atom is -0.480 e. The van der Waals surface area contributed by atoms with Crippen molar-refractivity contribution >= 4 is 18.4 Å². The second kappa shape index (κ2) is 3.53. The number of carboxylic acid groups (broad SMARTS) is 1. The van der Waals surface area contributed by atoms with E-state index in [-0.39, 0.29) is 25.2 Å².